The number of rotatable bonds is 5. The minimum absolute atomic E-state index is 0.0159. The Morgan fingerprint density at radius 1 is 1.09 bits per heavy atom. The van der Waals surface area contributed by atoms with E-state index in [1.807, 2.05) is 0 Å². The van der Waals surface area contributed by atoms with Crippen LogP contribution in [0.1, 0.15) is 43.0 Å². The number of H-pyrrole nitrogens is 1. The topological polar surface area (TPSA) is 104 Å². The molecule has 1 saturated carbocycles. The molecule has 7 nitrogen and oxygen atoms in total. The number of hydrogen-bond acceptors (Lipinski definition) is 5. The maximum Gasteiger partial charge on any atom is 0.230 e. The van der Waals surface area contributed by atoms with Crippen LogP contribution in [0.25, 0.3) is 22.3 Å². The van der Waals surface area contributed by atoms with E-state index >= 15 is 0 Å². The molecule has 1 aliphatic carbocycles. The quantitative estimate of drug-likeness (QED) is 0.425. The molecular formula is C24H22FN5O2. The number of phenolic OH excluding ortho intramolecular Hbond substituents is 1. The van der Waals surface area contributed by atoms with Crippen LogP contribution in [0.15, 0.2) is 48.8 Å². The van der Waals surface area contributed by atoms with Crippen molar-refractivity contribution in [1.29, 1.82) is 0 Å². The normalized spacial score (nSPS) is 14.2. The summed E-state index contributed by atoms with van der Waals surface area (Å²) in [5.74, 6) is 1.03. The monoisotopic (exact) mass is 431 g/mol. The molecular weight excluding hydrogens is 409 g/mol. The van der Waals surface area contributed by atoms with E-state index in [0.29, 0.717) is 34.0 Å². The number of amides is 1. The highest BCUT2D eigenvalue weighted by atomic mass is 19.1. The first-order valence-corrected chi connectivity index (χ1v) is 10.6. The fraction of sp³-hybridized carbons (Fsp3) is 0.250. The number of aromatic amines is 1. The van der Waals surface area contributed by atoms with E-state index in [4.69, 9.17) is 0 Å². The molecule has 0 spiro atoms. The number of carbonyl (C=O) groups excluding carboxylic acids is 1. The molecule has 2 aromatic heterocycles. The largest absolute Gasteiger partial charge is 0.508 e. The van der Waals surface area contributed by atoms with Gasteiger partial charge in [0.2, 0.25) is 5.91 Å². The highest BCUT2D eigenvalue weighted by Gasteiger charge is 2.22. The lowest BCUT2D eigenvalue weighted by molar-refractivity contribution is -0.115. The van der Waals surface area contributed by atoms with Gasteiger partial charge in [-0.1, -0.05) is 31.0 Å². The molecule has 0 saturated heterocycles. The van der Waals surface area contributed by atoms with Crippen LogP contribution < -0.4 is 5.32 Å². The fourth-order valence-electron chi connectivity index (χ4n) is 4.27. The van der Waals surface area contributed by atoms with Crippen molar-refractivity contribution in [2.24, 2.45) is 0 Å². The number of anilines is 1. The van der Waals surface area contributed by atoms with E-state index in [-0.39, 0.29) is 18.1 Å². The molecule has 1 amide bonds. The molecule has 2 aromatic carbocycles. The second kappa shape index (κ2) is 8.37. The molecule has 5 rings (SSSR count). The second-order valence-corrected chi connectivity index (χ2v) is 8.14. The van der Waals surface area contributed by atoms with E-state index in [1.165, 1.54) is 43.4 Å². The van der Waals surface area contributed by atoms with E-state index in [0.717, 1.165) is 24.2 Å². The second-order valence-electron chi connectivity index (χ2n) is 8.14. The SMILES string of the molecule is O=C(Cc1cc(F)cc(-c2ccc(O)cc2)c1)Nc1ncnc2nc(C3CCCC3)[nH]c12. The number of hydrogen-bond donors (Lipinski definition) is 3. The maximum atomic E-state index is 14.2. The summed E-state index contributed by atoms with van der Waals surface area (Å²) in [6, 6.07) is 11.0. The van der Waals surface area contributed by atoms with E-state index < -0.39 is 5.82 Å². The van der Waals surface area contributed by atoms with Gasteiger partial charge in [0.25, 0.3) is 0 Å². The summed E-state index contributed by atoms with van der Waals surface area (Å²) < 4.78 is 14.2. The van der Waals surface area contributed by atoms with E-state index in [9.17, 15) is 14.3 Å². The Morgan fingerprint density at radius 3 is 2.66 bits per heavy atom. The van der Waals surface area contributed by atoms with E-state index in [2.05, 4.69) is 25.3 Å². The molecule has 3 N–H and O–H groups in total. The van der Waals surface area contributed by atoms with Crippen LogP contribution in [0.5, 0.6) is 5.75 Å². The number of aromatic nitrogens is 4. The molecule has 4 aromatic rings. The predicted molar refractivity (Wildman–Crippen MR) is 119 cm³/mol. The molecule has 2 heterocycles. The number of aromatic hydroxyl groups is 1. The molecule has 8 heteroatoms. The van der Waals surface area contributed by atoms with Crippen LogP contribution in [0.3, 0.4) is 0 Å². The van der Waals surface area contributed by atoms with Gasteiger partial charge in [-0.25, -0.2) is 19.3 Å². The summed E-state index contributed by atoms with van der Waals surface area (Å²) in [5.41, 5.74) is 3.04. The van der Waals surface area contributed by atoms with Gasteiger partial charge in [0.15, 0.2) is 11.5 Å². The minimum atomic E-state index is -0.433. The highest BCUT2D eigenvalue weighted by molar-refractivity contribution is 5.97. The van der Waals surface area contributed by atoms with Gasteiger partial charge < -0.3 is 15.4 Å². The molecule has 162 valence electrons. The van der Waals surface area contributed by atoms with Crippen molar-refractivity contribution >= 4 is 22.9 Å². The summed E-state index contributed by atoms with van der Waals surface area (Å²) in [6.45, 7) is 0. The van der Waals surface area contributed by atoms with Gasteiger partial charge in [-0.3, -0.25) is 4.79 Å². The Labute approximate surface area is 183 Å². The number of imidazole rings is 1. The Hall–Kier alpha value is -3.81. The standard InChI is InChI=1S/C24H22FN5O2/c25-18-10-14(9-17(12-18)15-5-7-19(31)8-6-15)11-20(32)28-23-21-24(27-13-26-23)30-22(29-21)16-3-1-2-4-16/h5-10,12-13,16,31H,1-4,11H2,(H2,26,27,28,29,30,32). The van der Waals surface area contributed by atoms with Crippen LogP contribution in [0, 0.1) is 5.82 Å². The van der Waals surface area contributed by atoms with Gasteiger partial charge in [-0.2, -0.15) is 0 Å². The molecule has 1 fully saturated rings. The summed E-state index contributed by atoms with van der Waals surface area (Å²) in [5, 5.41) is 12.3. The number of fused-ring (bicyclic) bond motifs is 1. The van der Waals surface area contributed by atoms with Gasteiger partial charge in [0, 0.05) is 5.92 Å². The predicted octanol–water partition coefficient (Wildman–Crippen LogP) is 4.70. The molecule has 0 unspecified atom stereocenters. The van der Waals surface area contributed by atoms with Crippen molar-refractivity contribution in [3.05, 3.63) is 66.0 Å². The van der Waals surface area contributed by atoms with Crippen LogP contribution >= 0.6 is 0 Å². The summed E-state index contributed by atoms with van der Waals surface area (Å²) in [4.78, 5) is 29.0. The third-order valence-corrected chi connectivity index (χ3v) is 5.83. The molecule has 0 radical (unpaired) electrons. The average Bonchev–Trinajstić information content (AvgIpc) is 3.44. The Balaban J connectivity index is 1.36. The van der Waals surface area contributed by atoms with Gasteiger partial charge in [-0.05, 0) is 53.8 Å². The van der Waals surface area contributed by atoms with Crippen molar-refractivity contribution in [3.63, 3.8) is 0 Å². The van der Waals surface area contributed by atoms with Crippen molar-refractivity contribution in [3.8, 4) is 16.9 Å². The smallest absolute Gasteiger partial charge is 0.230 e. The molecule has 0 bridgehead atoms. The van der Waals surface area contributed by atoms with Crippen molar-refractivity contribution in [1.82, 2.24) is 19.9 Å². The van der Waals surface area contributed by atoms with Gasteiger partial charge in [0.05, 0.1) is 6.42 Å². The van der Waals surface area contributed by atoms with Crippen LogP contribution in [-0.2, 0) is 11.2 Å². The van der Waals surface area contributed by atoms with Crippen LogP contribution in [0.4, 0.5) is 10.2 Å². The average molecular weight is 431 g/mol. The zero-order chi connectivity index (χ0) is 22.1. The third-order valence-electron chi connectivity index (χ3n) is 5.83. The third kappa shape index (κ3) is 4.16. The summed E-state index contributed by atoms with van der Waals surface area (Å²) in [6.07, 6.45) is 5.93. The fourth-order valence-corrected chi connectivity index (χ4v) is 4.27. The summed E-state index contributed by atoms with van der Waals surface area (Å²) in [7, 11) is 0. The van der Waals surface area contributed by atoms with Gasteiger partial charge in [0.1, 0.15) is 29.2 Å². The number of benzene rings is 2. The number of nitrogens with one attached hydrogen (secondary N) is 2. The zero-order valence-electron chi connectivity index (χ0n) is 17.3. The van der Waals surface area contributed by atoms with Crippen molar-refractivity contribution in [2.75, 3.05) is 5.32 Å². The van der Waals surface area contributed by atoms with Crippen LogP contribution in [-0.4, -0.2) is 30.9 Å². The Kier molecular flexibility index (Phi) is 5.26. The van der Waals surface area contributed by atoms with Crippen molar-refractivity contribution in [2.45, 2.75) is 38.0 Å². The van der Waals surface area contributed by atoms with E-state index in [1.54, 1.807) is 18.2 Å². The van der Waals surface area contributed by atoms with Gasteiger partial charge >= 0.3 is 0 Å². The lowest BCUT2D eigenvalue weighted by atomic mass is 10.0. The molecule has 0 atom stereocenters. The molecule has 32 heavy (non-hydrogen) atoms. The number of phenols is 1. The number of nitrogens with zero attached hydrogens (tertiary/aromatic N) is 3. The maximum absolute atomic E-state index is 14.2. The number of carbonyl (C=O) groups is 1. The first-order valence-electron chi connectivity index (χ1n) is 10.6. The zero-order valence-corrected chi connectivity index (χ0v) is 17.3. The van der Waals surface area contributed by atoms with Gasteiger partial charge in [-0.15, -0.1) is 0 Å². The number of halogens is 1. The first kappa shape index (κ1) is 20.1. The molecule has 0 aliphatic heterocycles. The van der Waals surface area contributed by atoms with Crippen LogP contribution in [0.2, 0.25) is 0 Å². The lowest BCUT2D eigenvalue weighted by Gasteiger charge is -2.08. The first-order chi connectivity index (χ1) is 15.5. The summed E-state index contributed by atoms with van der Waals surface area (Å²) >= 11 is 0. The Morgan fingerprint density at radius 2 is 1.88 bits per heavy atom. The lowest BCUT2D eigenvalue weighted by Crippen LogP contribution is -2.16. The molecule has 1 aliphatic rings. The minimum Gasteiger partial charge on any atom is -0.508 e. The highest BCUT2D eigenvalue weighted by Crippen LogP contribution is 2.33. The Bertz CT molecular complexity index is 1280. The van der Waals surface area contributed by atoms with Crippen molar-refractivity contribution < 1.29 is 14.3 Å².